The van der Waals surface area contributed by atoms with Crippen LogP contribution in [0.1, 0.15) is 37.0 Å². The van der Waals surface area contributed by atoms with Crippen LogP contribution in [-0.4, -0.2) is 35.9 Å². The third-order valence-electron chi connectivity index (χ3n) is 3.01. The Bertz CT molecular complexity index is 489. The van der Waals surface area contributed by atoms with E-state index in [4.69, 9.17) is 0 Å². The summed E-state index contributed by atoms with van der Waals surface area (Å²) in [6, 6.07) is 4.78. The van der Waals surface area contributed by atoms with Gasteiger partial charge in [-0.2, -0.15) is 0 Å². The number of carbonyl (C=O) groups excluding carboxylic acids is 1. The largest absolute Gasteiger partial charge is 0.380 e. The van der Waals surface area contributed by atoms with Crippen LogP contribution in [-0.2, 0) is 0 Å². The molecule has 0 atom stereocenters. The molecule has 0 unspecified atom stereocenters. The SMILES string of the molecule is CCCCN(C)C(=O)c1cccc(NCC)c1[N+](=O)[O-]. The Balaban J connectivity index is 3.13. The summed E-state index contributed by atoms with van der Waals surface area (Å²) in [5.41, 5.74) is 0.363. The second-order valence-electron chi connectivity index (χ2n) is 4.57. The summed E-state index contributed by atoms with van der Waals surface area (Å²) in [5.74, 6) is -0.315. The number of nitro groups is 1. The van der Waals surface area contributed by atoms with E-state index in [1.165, 1.54) is 11.0 Å². The zero-order chi connectivity index (χ0) is 15.1. The molecule has 1 amide bonds. The molecule has 0 aromatic heterocycles. The van der Waals surface area contributed by atoms with Gasteiger partial charge in [-0.1, -0.05) is 19.4 Å². The van der Waals surface area contributed by atoms with Crippen LogP contribution in [0.15, 0.2) is 18.2 Å². The summed E-state index contributed by atoms with van der Waals surface area (Å²) in [6.07, 6.45) is 1.85. The molecule has 0 aliphatic heterocycles. The van der Waals surface area contributed by atoms with Crippen LogP contribution in [0.25, 0.3) is 0 Å². The number of rotatable bonds is 7. The summed E-state index contributed by atoms with van der Waals surface area (Å²) in [7, 11) is 1.67. The summed E-state index contributed by atoms with van der Waals surface area (Å²) in [5, 5.41) is 14.2. The number of benzene rings is 1. The number of hydrogen-bond acceptors (Lipinski definition) is 4. The smallest absolute Gasteiger partial charge is 0.305 e. The number of hydrogen-bond donors (Lipinski definition) is 1. The van der Waals surface area contributed by atoms with Crippen molar-refractivity contribution in [2.45, 2.75) is 26.7 Å². The number of nitro benzene ring substituents is 1. The van der Waals surface area contributed by atoms with E-state index >= 15 is 0 Å². The van der Waals surface area contributed by atoms with E-state index in [-0.39, 0.29) is 17.2 Å². The molecule has 20 heavy (non-hydrogen) atoms. The van der Waals surface area contributed by atoms with Crippen LogP contribution >= 0.6 is 0 Å². The van der Waals surface area contributed by atoms with Gasteiger partial charge < -0.3 is 10.2 Å². The molecule has 1 N–H and O–H groups in total. The second-order valence-corrected chi connectivity index (χ2v) is 4.57. The Labute approximate surface area is 118 Å². The maximum absolute atomic E-state index is 12.3. The molecule has 110 valence electrons. The highest BCUT2D eigenvalue weighted by atomic mass is 16.6. The Kier molecular flexibility index (Phi) is 5.96. The average molecular weight is 279 g/mol. The van der Waals surface area contributed by atoms with Gasteiger partial charge in [-0.15, -0.1) is 0 Å². The van der Waals surface area contributed by atoms with Crippen molar-refractivity contribution in [3.8, 4) is 0 Å². The zero-order valence-corrected chi connectivity index (χ0v) is 12.2. The number of unbranched alkanes of at least 4 members (excludes halogenated alkanes) is 1. The van der Waals surface area contributed by atoms with Crippen molar-refractivity contribution in [1.82, 2.24) is 4.90 Å². The molecule has 0 fully saturated rings. The summed E-state index contributed by atoms with van der Waals surface area (Å²) in [6.45, 7) is 5.04. The molecular formula is C14H21N3O3. The Morgan fingerprint density at radius 2 is 2.10 bits per heavy atom. The molecule has 0 bridgehead atoms. The molecule has 0 aliphatic carbocycles. The number of nitrogens with zero attached hydrogens (tertiary/aromatic N) is 2. The quantitative estimate of drug-likeness (QED) is 0.615. The van der Waals surface area contributed by atoms with Gasteiger partial charge in [0.2, 0.25) is 0 Å². The lowest BCUT2D eigenvalue weighted by molar-refractivity contribution is -0.384. The van der Waals surface area contributed by atoms with Crippen LogP contribution in [0.2, 0.25) is 0 Å². The minimum Gasteiger partial charge on any atom is -0.380 e. The molecule has 1 aromatic rings. The molecule has 0 aliphatic rings. The van der Waals surface area contributed by atoms with Gasteiger partial charge in [0.05, 0.1) is 4.92 Å². The fraction of sp³-hybridized carbons (Fsp3) is 0.500. The number of anilines is 1. The predicted molar refractivity (Wildman–Crippen MR) is 79.1 cm³/mol. The Hall–Kier alpha value is -2.11. The fourth-order valence-corrected chi connectivity index (χ4v) is 1.95. The summed E-state index contributed by atoms with van der Waals surface area (Å²) >= 11 is 0. The zero-order valence-electron chi connectivity index (χ0n) is 12.2. The lowest BCUT2D eigenvalue weighted by Crippen LogP contribution is -2.28. The van der Waals surface area contributed by atoms with E-state index in [1.54, 1.807) is 19.2 Å². The minimum absolute atomic E-state index is 0.132. The highest BCUT2D eigenvalue weighted by Gasteiger charge is 2.26. The van der Waals surface area contributed by atoms with Crippen LogP contribution < -0.4 is 5.32 Å². The molecule has 1 rings (SSSR count). The average Bonchev–Trinajstić information content (AvgIpc) is 2.43. The van der Waals surface area contributed by atoms with Gasteiger partial charge in [0.1, 0.15) is 11.3 Å². The van der Waals surface area contributed by atoms with Crippen molar-refractivity contribution in [2.24, 2.45) is 0 Å². The van der Waals surface area contributed by atoms with Crippen LogP contribution in [0.5, 0.6) is 0 Å². The van der Waals surface area contributed by atoms with E-state index in [0.29, 0.717) is 18.8 Å². The van der Waals surface area contributed by atoms with Crippen LogP contribution in [0.3, 0.4) is 0 Å². The van der Waals surface area contributed by atoms with Gasteiger partial charge in [0.25, 0.3) is 5.91 Å². The van der Waals surface area contributed by atoms with Crippen molar-refractivity contribution in [2.75, 3.05) is 25.5 Å². The lowest BCUT2D eigenvalue weighted by Gasteiger charge is -2.17. The first-order valence-corrected chi connectivity index (χ1v) is 6.79. The first-order valence-electron chi connectivity index (χ1n) is 6.79. The van der Waals surface area contributed by atoms with Gasteiger partial charge >= 0.3 is 5.69 Å². The maximum Gasteiger partial charge on any atom is 0.305 e. The van der Waals surface area contributed by atoms with E-state index < -0.39 is 4.92 Å². The molecule has 0 saturated carbocycles. The first kappa shape index (κ1) is 15.9. The van der Waals surface area contributed by atoms with Crippen molar-refractivity contribution < 1.29 is 9.72 Å². The Morgan fingerprint density at radius 1 is 1.40 bits per heavy atom. The van der Waals surface area contributed by atoms with Gasteiger partial charge in [-0.05, 0) is 25.5 Å². The fourth-order valence-electron chi connectivity index (χ4n) is 1.95. The molecule has 1 aromatic carbocycles. The molecule has 0 heterocycles. The third-order valence-corrected chi connectivity index (χ3v) is 3.01. The number of para-hydroxylation sites is 1. The molecule has 6 nitrogen and oxygen atoms in total. The van der Waals surface area contributed by atoms with Gasteiger partial charge in [-0.25, -0.2) is 0 Å². The monoisotopic (exact) mass is 279 g/mol. The molecule has 6 heteroatoms. The van der Waals surface area contributed by atoms with Gasteiger partial charge in [-0.3, -0.25) is 14.9 Å². The summed E-state index contributed by atoms with van der Waals surface area (Å²) < 4.78 is 0. The first-order chi connectivity index (χ1) is 9.52. The second kappa shape index (κ2) is 7.47. The molecular weight excluding hydrogens is 258 g/mol. The molecule has 0 saturated heterocycles. The maximum atomic E-state index is 12.3. The van der Waals surface area contributed by atoms with E-state index in [2.05, 4.69) is 5.32 Å². The lowest BCUT2D eigenvalue weighted by atomic mass is 10.1. The normalized spacial score (nSPS) is 10.2. The number of amides is 1. The standard InChI is InChI=1S/C14H21N3O3/c1-4-6-10-16(3)14(18)11-8-7-9-12(15-5-2)13(11)17(19)20/h7-9,15H,4-6,10H2,1-3H3. The Morgan fingerprint density at radius 3 is 2.65 bits per heavy atom. The van der Waals surface area contributed by atoms with Crippen LogP contribution in [0, 0.1) is 10.1 Å². The van der Waals surface area contributed by atoms with E-state index in [0.717, 1.165) is 12.8 Å². The number of nitrogens with one attached hydrogen (secondary N) is 1. The van der Waals surface area contributed by atoms with Crippen molar-refractivity contribution in [1.29, 1.82) is 0 Å². The van der Waals surface area contributed by atoms with Crippen molar-refractivity contribution in [3.05, 3.63) is 33.9 Å². The minimum atomic E-state index is -0.501. The molecule has 0 radical (unpaired) electrons. The highest BCUT2D eigenvalue weighted by molar-refractivity contribution is 6.00. The number of carbonyl (C=O) groups is 1. The summed E-state index contributed by atoms with van der Waals surface area (Å²) in [4.78, 5) is 24.6. The van der Waals surface area contributed by atoms with Crippen molar-refractivity contribution in [3.63, 3.8) is 0 Å². The van der Waals surface area contributed by atoms with Crippen molar-refractivity contribution >= 4 is 17.3 Å². The predicted octanol–water partition coefficient (Wildman–Crippen LogP) is 2.90. The van der Waals surface area contributed by atoms with Gasteiger partial charge in [0.15, 0.2) is 0 Å². The van der Waals surface area contributed by atoms with E-state index in [1.807, 2.05) is 13.8 Å². The van der Waals surface area contributed by atoms with Crippen LogP contribution in [0.4, 0.5) is 11.4 Å². The van der Waals surface area contributed by atoms with Gasteiger partial charge in [0, 0.05) is 20.1 Å². The highest BCUT2D eigenvalue weighted by Crippen LogP contribution is 2.29. The molecule has 0 spiro atoms. The van der Waals surface area contributed by atoms with E-state index in [9.17, 15) is 14.9 Å². The topological polar surface area (TPSA) is 75.5 Å². The third kappa shape index (κ3) is 3.69.